The van der Waals surface area contributed by atoms with E-state index in [4.69, 9.17) is 9.26 Å². The molecule has 0 saturated carbocycles. The van der Waals surface area contributed by atoms with E-state index >= 15 is 0 Å². The molecule has 0 aliphatic heterocycles. The molecule has 0 amide bonds. The van der Waals surface area contributed by atoms with Crippen molar-refractivity contribution in [2.24, 2.45) is 0 Å². The molecule has 0 aliphatic carbocycles. The number of nitrogens with zero attached hydrogens (tertiary/aromatic N) is 2. The average molecular weight is 384 g/mol. The van der Waals surface area contributed by atoms with Crippen molar-refractivity contribution < 1.29 is 30.8 Å². The molecule has 10 heteroatoms. The van der Waals surface area contributed by atoms with Crippen molar-refractivity contribution in [3.8, 4) is 22.9 Å². The number of alkyl halides is 3. The number of hydrogen-bond donors (Lipinski definition) is 0. The van der Waals surface area contributed by atoms with E-state index < -0.39 is 20.2 Å². The second-order valence-electron chi connectivity index (χ2n) is 5.19. The van der Waals surface area contributed by atoms with Crippen LogP contribution in [0.2, 0.25) is 0 Å². The second kappa shape index (κ2) is 6.45. The Morgan fingerprint density at radius 2 is 1.73 bits per heavy atom. The Morgan fingerprint density at radius 3 is 2.31 bits per heavy atom. The van der Waals surface area contributed by atoms with Crippen LogP contribution in [0, 0.1) is 6.92 Å². The number of sulfone groups is 1. The van der Waals surface area contributed by atoms with Crippen molar-refractivity contribution in [1.29, 1.82) is 0 Å². The van der Waals surface area contributed by atoms with Crippen LogP contribution in [0.1, 0.15) is 5.89 Å². The van der Waals surface area contributed by atoms with E-state index in [9.17, 15) is 21.6 Å². The molecular formula is C16H11F3N2O4S. The first-order valence-corrected chi connectivity index (χ1v) is 8.65. The van der Waals surface area contributed by atoms with Gasteiger partial charge in [0, 0.05) is 12.5 Å². The zero-order valence-corrected chi connectivity index (χ0v) is 14.0. The van der Waals surface area contributed by atoms with Gasteiger partial charge in [-0.2, -0.15) is 18.2 Å². The lowest BCUT2D eigenvalue weighted by Gasteiger charge is -2.10. The van der Waals surface area contributed by atoms with E-state index in [1.165, 1.54) is 0 Å². The van der Waals surface area contributed by atoms with E-state index in [-0.39, 0.29) is 5.75 Å². The number of rotatable bonds is 4. The molecule has 0 atom stereocenters. The maximum Gasteiger partial charge on any atom is 0.501 e. The number of ether oxygens (including phenoxy) is 1. The molecule has 0 spiro atoms. The fraction of sp³-hybridized carbons (Fsp3) is 0.125. The number of aryl methyl sites for hydroxylation is 1. The monoisotopic (exact) mass is 384 g/mol. The Morgan fingerprint density at radius 1 is 1.04 bits per heavy atom. The molecule has 0 saturated heterocycles. The van der Waals surface area contributed by atoms with Gasteiger partial charge in [-0.05, 0) is 36.4 Å². The molecule has 0 radical (unpaired) electrons. The van der Waals surface area contributed by atoms with Crippen LogP contribution in [-0.4, -0.2) is 24.1 Å². The Balaban J connectivity index is 1.82. The standard InChI is InChI=1S/C16H11F3N2O4S/c1-10-20-15(21-25-10)11-3-2-4-13(9-11)24-12-5-7-14(8-6-12)26(22,23)16(17,18)19/h2-9H,1H3. The topological polar surface area (TPSA) is 82.3 Å². The molecule has 0 bridgehead atoms. The Kier molecular flexibility index (Phi) is 4.45. The lowest BCUT2D eigenvalue weighted by molar-refractivity contribution is -0.0436. The number of halogens is 3. The van der Waals surface area contributed by atoms with Gasteiger partial charge in [0.15, 0.2) is 0 Å². The van der Waals surface area contributed by atoms with E-state index in [0.717, 1.165) is 24.3 Å². The highest BCUT2D eigenvalue weighted by molar-refractivity contribution is 7.92. The maximum absolute atomic E-state index is 12.5. The van der Waals surface area contributed by atoms with Crippen LogP contribution in [-0.2, 0) is 9.84 Å². The molecule has 0 unspecified atom stereocenters. The van der Waals surface area contributed by atoms with Gasteiger partial charge in [-0.1, -0.05) is 17.3 Å². The number of benzene rings is 2. The van der Waals surface area contributed by atoms with Gasteiger partial charge in [-0.25, -0.2) is 8.42 Å². The van der Waals surface area contributed by atoms with E-state index in [1.54, 1.807) is 31.2 Å². The summed E-state index contributed by atoms with van der Waals surface area (Å²) < 4.78 is 70.7. The highest BCUT2D eigenvalue weighted by atomic mass is 32.2. The van der Waals surface area contributed by atoms with Crippen molar-refractivity contribution in [2.75, 3.05) is 0 Å². The van der Waals surface area contributed by atoms with Crippen molar-refractivity contribution in [3.63, 3.8) is 0 Å². The zero-order chi connectivity index (χ0) is 18.9. The quantitative estimate of drug-likeness (QED) is 0.673. The molecule has 0 fully saturated rings. The Labute approximate surface area is 146 Å². The highest BCUT2D eigenvalue weighted by Gasteiger charge is 2.46. The largest absolute Gasteiger partial charge is 0.501 e. The lowest BCUT2D eigenvalue weighted by Crippen LogP contribution is -2.23. The second-order valence-corrected chi connectivity index (χ2v) is 7.13. The molecule has 26 heavy (non-hydrogen) atoms. The first-order valence-electron chi connectivity index (χ1n) is 7.17. The Bertz CT molecular complexity index is 1030. The fourth-order valence-electron chi connectivity index (χ4n) is 2.07. The van der Waals surface area contributed by atoms with Crippen LogP contribution in [0.5, 0.6) is 11.5 Å². The van der Waals surface area contributed by atoms with Crippen molar-refractivity contribution in [3.05, 3.63) is 54.4 Å². The third-order valence-electron chi connectivity index (χ3n) is 3.29. The molecule has 1 aromatic heterocycles. The van der Waals surface area contributed by atoms with Crippen molar-refractivity contribution in [1.82, 2.24) is 10.1 Å². The summed E-state index contributed by atoms with van der Waals surface area (Å²) in [5, 5.41) is 3.78. The minimum atomic E-state index is -5.39. The first-order chi connectivity index (χ1) is 12.2. The molecule has 136 valence electrons. The smallest absolute Gasteiger partial charge is 0.457 e. The SMILES string of the molecule is Cc1nc(-c2cccc(Oc3ccc(S(=O)(=O)C(F)(F)F)cc3)c2)no1. The van der Waals surface area contributed by atoms with Gasteiger partial charge in [-0.3, -0.25) is 0 Å². The number of hydrogen-bond acceptors (Lipinski definition) is 6. The normalized spacial score (nSPS) is 12.2. The molecule has 0 N–H and O–H groups in total. The summed E-state index contributed by atoms with van der Waals surface area (Å²) in [6.45, 7) is 1.65. The van der Waals surface area contributed by atoms with Crippen LogP contribution in [0.25, 0.3) is 11.4 Å². The lowest BCUT2D eigenvalue weighted by atomic mass is 10.2. The predicted molar refractivity (Wildman–Crippen MR) is 84.2 cm³/mol. The third-order valence-corrected chi connectivity index (χ3v) is 4.80. The van der Waals surface area contributed by atoms with Gasteiger partial charge in [0.05, 0.1) is 4.90 Å². The van der Waals surface area contributed by atoms with Gasteiger partial charge in [0.1, 0.15) is 11.5 Å². The number of aromatic nitrogens is 2. The summed E-state index contributed by atoms with van der Waals surface area (Å²) in [4.78, 5) is 3.23. The summed E-state index contributed by atoms with van der Waals surface area (Å²) in [5.41, 5.74) is -4.73. The molecule has 2 aromatic carbocycles. The average Bonchev–Trinajstić information content (AvgIpc) is 3.01. The molecular weight excluding hydrogens is 373 g/mol. The molecule has 3 rings (SSSR count). The van der Waals surface area contributed by atoms with Gasteiger partial charge in [0.2, 0.25) is 11.7 Å². The summed E-state index contributed by atoms with van der Waals surface area (Å²) in [6.07, 6.45) is 0. The van der Waals surface area contributed by atoms with Gasteiger partial charge in [-0.15, -0.1) is 0 Å². The van der Waals surface area contributed by atoms with Crippen LogP contribution >= 0.6 is 0 Å². The summed E-state index contributed by atoms with van der Waals surface area (Å²) in [6, 6.07) is 10.6. The molecule has 0 aliphatic rings. The minimum Gasteiger partial charge on any atom is -0.457 e. The van der Waals surface area contributed by atoms with Crippen LogP contribution in [0.15, 0.2) is 57.9 Å². The van der Waals surface area contributed by atoms with Gasteiger partial charge >= 0.3 is 5.51 Å². The van der Waals surface area contributed by atoms with Gasteiger partial charge < -0.3 is 9.26 Å². The maximum atomic E-state index is 12.5. The van der Waals surface area contributed by atoms with E-state index in [0.29, 0.717) is 23.0 Å². The van der Waals surface area contributed by atoms with Gasteiger partial charge in [0.25, 0.3) is 9.84 Å². The summed E-state index contributed by atoms with van der Waals surface area (Å²) in [7, 11) is -5.39. The third kappa shape index (κ3) is 3.54. The fourth-order valence-corrected chi connectivity index (χ4v) is 2.83. The highest BCUT2D eigenvalue weighted by Crippen LogP contribution is 2.32. The summed E-state index contributed by atoms with van der Waals surface area (Å²) in [5.74, 6) is 1.30. The summed E-state index contributed by atoms with van der Waals surface area (Å²) >= 11 is 0. The van der Waals surface area contributed by atoms with E-state index in [1.807, 2.05) is 0 Å². The van der Waals surface area contributed by atoms with Crippen molar-refractivity contribution in [2.45, 2.75) is 17.3 Å². The van der Waals surface area contributed by atoms with Crippen LogP contribution in [0.4, 0.5) is 13.2 Å². The molecule has 1 heterocycles. The van der Waals surface area contributed by atoms with Crippen LogP contribution < -0.4 is 4.74 Å². The van der Waals surface area contributed by atoms with Crippen LogP contribution in [0.3, 0.4) is 0 Å². The molecule has 3 aromatic rings. The predicted octanol–water partition coefficient (Wildman–Crippen LogP) is 4.13. The first kappa shape index (κ1) is 17.9. The zero-order valence-electron chi connectivity index (χ0n) is 13.2. The Hall–Kier alpha value is -2.88. The minimum absolute atomic E-state index is 0.174. The molecule has 6 nitrogen and oxygen atoms in total. The van der Waals surface area contributed by atoms with E-state index in [2.05, 4.69) is 10.1 Å². The van der Waals surface area contributed by atoms with Crippen molar-refractivity contribution >= 4 is 9.84 Å².